The second kappa shape index (κ2) is 10.4. The van der Waals surface area contributed by atoms with Gasteiger partial charge in [0.25, 0.3) is 11.5 Å². The number of H-pyrrole nitrogens is 1. The summed E-state index contributed by atoms with van der Waals surface area (Å²) < 4.78 is 6.44. The summed E-state index contributed by atoms with van der Waals surface area (Å²) in [7, 11) is 1.53. The summed E-state index contributed by atoms with van der Waals surface area (Å²) in [6.07, 6.45) is 2.15. The van der Waals surface area contributed by atoms with Crippen molar-refractivity contribution in [2.45, 2.75) is 26.3 Å². The Morgan fingerprint density at radius 3 is 2.58 bits per heavy atom. The number of methoxy groups -OCH3 is 1. The van der Waals surface area contributed by atoms with Crippen LogP contribution in [0.5, 0.6) is 0 Å². The number of hydrogen-bond acceptors (Lipinski definition) is 5. The smallest absolute Gasteiger partial charge is 0.330 e. The highest BCUT2D eigenvalue weighted by molar-refractivity contribution is 5.96. The van der Waals surface area contributed by atoms with Gasteiger partial charge < -0.3 is 15.4 Å². The van der Waals surface area contributed by atoms with Crippen molar-refractivity contribution in [3.05, 3.63) is 56.7 Å². The fourth-order valence-electron chi connectivity index (χ4n) is 3.96. The number of piperidine rings is 1. The predicted octanol–water partition coefficient (Wildman–Crippen LogP) is -0.539. The summed E-state index contributed by atoms with van der Waals surface area (Å²) in [6.45, 7) is 4.95. The van der Waals surface area contributed by atoms with Crippen molar-refractivity contribution < 1.29 is 14.4 Å². The SMILES string of the molecule is COCCN(C(=O)C[NH+]1CCC(C)CC1)c1c(N)n(Cc2ccccc2)c(=O)[nH]c1=O. The zero-order valence-electron chi connectivity index (χ0n) is 18.2. The number of nitrogens with one attached hydrogen (secondary N) is 2. The Bertz CT molecular complexity index is 993. The Morgan fingerprint density at radius 2 is 1.94 bits per heavy atom. The number of carbonyl (C=O) groups excluding carboxylic acids is 1. The van der Waals surface area contributed by atoms with Crippen molar-refractivity contribution in [3.8, 4) is 0 Å². The molecule has 1 aromatic heterocycles. The number of anilines is 2. The van der Waals surface area contributed by atoms with E-state index in [9.17, 15) is 14.4 Å². The molecule has 1 saturated heterocycles. The molecule has 1 aliphatic heterocycles. The van der Waals surface area contributed by atoms with E-state index in [1.807, 2.05) is 30.3 Å². The van der Waals surface area contributed by atoms with Crippen molar-refractivity contribution in [1.29, 1.82) is 0 Å². The molecule has 0 spiro atoms. The van der Waals surface area contributed by atoms with Crippen LogP contribution in [0.25, 0.3) is 0 Å². The van der Waals surface area contributed by atoms with E-state index < -0.39 is 11.2 Å². The molecule has 0 unspecified atom stereocenters. The molecule has 4 N–H and O–H groups in total. The van der Waals surface area contributed by atoms with Gasteiger partial charge in [0.05, 0.1) is 26.2 Å². The van der Waals surface area contributed by atoms with E-state index in [-0.39, 0.29) is 43.7 Å². The number of nitrogens with two attached hydrogens (primary N) is 1. The van der Waals surface area contributed by atoms with Gasteiger partial charge in [0.15, 0.2) is 12.2 Å². The zero-order valence-corrected chi connectivity index (χ0v) is 18.2. The molecule has 1 amide bonds. The van der Waals surface area contributed by atoms with Gasteiger partial charge in [0.1, 0.15) is 5.82 Å². The van der Waals surface area contributed by atoms with Gasteiger partial charge in [-0.1, -0.05) is 37.3 Å². The molecule has 0 bridgehead atoms. The van der Waals surface area contributed by atoms with Crippen LogP contribution in [0, 0.1) is 5.92 Å². The Balaban J connectivity index is 1.92. The van der Waals surface area contributed by atoms with E-state index in [4.69, 9.17) is 10.5 Å². The molecule has 31 heavy (non-hydrogen) atoms. The molecule has 2 heterocycles. The second-order valence-corrected chi connectivity index (χ2v) is 8.21. The lowest BCUT2D eigenvalue weighted by Crippen LogP contribution is -3.14. The summed E-state index contributed by atoms with van der Waals surface area (Å²) in [5.74, 6) is 0.441. The fraction of sp³-hybridized carbons (Fsp3) is 0.500. The lowest BCUT2D eigenvalue weighted by Gasteiger charge is -2.29. The maximum Gasteiger partial charge on any atom is 0.330 e. The number of carbonyl (C=O) groups is 1. The first kappa shape index (κ1) is 22.8. The van der Waals surface area contributed by atoms with Crippen LogP contribution < -0.4 is 26.8 Å². The Hall–Kier alpha value is -2.91. The first-order chi connectivity index (χ1) is 14.9. The minimum absolute atomic E-state index is 0.00218. The maximum absolute atomic E-state index is 13.2. The molecule has 0 saturated carbocycles. The fourth-order valence-corrected chi connectivity index (χ4v) is 3.96. The van der Waals surface area contributed by atoms with Gasteiger partial charge in [0.2, 0.25) is 0 Å². The van der Waals surface area contributed by atoms with Gasteiger partial charge in [-0.3, -0.25) is 24.0 Å². The Morgan fingerprint density at radius 1 is 1.26 bits per heavy atom. The van der Waals surface area contributed by atoms with E-state index in [2.05, 4.69) is 11.9 Å². The van der Waals surface area contributed by atoms with Gasteiger partial charge in [-0.2, -0.15) is 0 Å². The van der Waals surface area contributed by atoms with E-state index in [1.54, 1.807) is 0 Å². The van der Waals surface area contributed by atoms with Crippen molar-refractivity contribution >= 4 is 17.4 Å². The molecule has 1 aliphatic rings. The van der Waals surface area contributed by atoms with Crippen LogP contribution in [0.4, 0.5) is 11.5 Å². The van der Waals surface area contributed by atoms with Crippen LogP contribution in [-0.4, -0.2) is 55.4 Å². The van der Waals surface area contributed by atoms with E-state index in [0.717, 1.165) is 31.5 Å². The van der Waals surface area contributed by atoms with Gasteiger partial charge in [0, 0.05) is 13.7 Å². The zero-order chi connectivity index (χ0) is 22.4. The normalized spacial score (nSPS) is 18.6. The van der Waals surface area contributed by atoms with Crippen LogP contribution in [0.1, 0.15) is 25.3 Å². The number of amides is 1. The predicted molar refractivity (Wildman–Crippen MR) is 119 cm³/mol. The maximum atomic E-state index is 13.2. The average Bonchev–Trinajstić information content (AvgIpc) is 2.75. The highest BCUT2D eigenvalue weighted by atomic mass is 16.5. The van der Waals surface area contributed by atoms with E-state index in [1.165, 1.54) is 21.5 Å². The van der Waals surface area contributed by atoms with E-state index in [0.29, 0.717) is 5.92 Å². The summed E-state index contributed by atoms with van der Waals surface area (Å²) >= 11 is 0. The number of likely N-dealkylation sites (tertiary alicyclic amines) is 1. The van der Waals surface area contributed by atoms with Crippen LogP contribution in [0.3, 0.4) is 0 Å². The first-order valence-electron chi connectivity index (χ1n) is 10.7. The lowest BCUT2D eigenvalue weighted by molar-refractivity contribution is -0.898. The van der Waals surface area contributed by atoms with Crippen molar-refractivity contribution in [3.63, 3.8) is 0 Å². The topological polar surface area (TPSA) is 115 Å². The highest BCUT2D eigenvalue weighted by Gasteiger charge is 2.28. The average molecular weight is 431 g/mol. The minimum atomic E-state index is -0.668. The van der Waals surface area contributed by atoms with Crippen molar-refractivity contribution in [2.75, 3.05) is 50.5 Å². The molecule has 9 nitrogen and oxygen atoms in total. The summed E-state index contributed by atoms with van der Waals surface area (Å²) in [5.41, 5.74) is 5.88. The number of rotatable bonds is 8. The number of nitrogen functional groups attached to an aromatic ring is 1. The molecule has 168 valence electrons. The summed E-state index contributed by atoms with van der Waals surface area (Å²) in [5, 5.41) is 0. The number of aromatic amines is 1. The first-order valence-corrected chi connectivity index (χ1v) is 10.7. The number of hydrogen-bond donors (Lipinski definition) is 3. The Labute approximate surface area is 181 Å². The molecule has 3 rings (SSSR count). The summed E-state index contributed by atoms with van der Waals surface area (Å²) in [4.78, 5) is 43.3. The molecule has 0 atom stereocenters. The molecular formula is C22H32N5O4+. The molecule has 0 radical (unpaired) electrons. The van der Waals surface area contributed by atoms with Crippen LogP contribution in [0.15, 0.2) is 39.9 Å². The van der Waals surface area contributed by atoms with E-state index >= 15 is 0 Å². The monoisotopic (exact) mass is 430 g/mol. The molecule has 9 heteroatoms. The second-order valence-electron chi connectivity index (χ2n) is 8.21. The molecule has 0 aliphatic carbocycles. The summed E-state index contributed by atoms with van der Waals surface area (Å²) in [6, 6.07) is 9.33. The van der Waals surface area contributed by atoms with Crippen LogP contribution >= 0.6 is 0 Å². The number of nitrogens with zero attached hydrogens (tertiary/aromatic N) is 2. The van der Waals surface area contributed by atoms with Gasteiger partial charge >= 0.3 is 5.69 Å². The quantitative estimate of drug-likeness (QED) is 0.520. The third kappa shape index (κ3) is 5.62. The van der Waals surface area contributed by atoms with Crippen LogP contribution in [-0.2, 0) is 16.1 Å². The lowest BCUT2D eigenvalue weighted by atomic mass is 9.99. The number of ether oxygens (including phenoxy) is 1. The number of aromatic nitrogens is 2. The number of quaternary nitrogens is 1. The molecule has 2 aromatic rings. The minimum Gasteiger partial charge on any atom is -0.383 e. The third-order valence-electron chi connectivity index (χ3n) is 5.87. The van der Waals surface area contributed by atoms with Gasteiger partial charge in [-0.15, -0.1) is 0 Å². The van der Waals surface area contributed by atoms with Crippen molar-refractivity contribution in [1.82, 2.24) is 9.55 Å². The largest absolute Gasteiger partial charge is 0.383 e. The van der Waals surface area contributed by atoms with Gasteiger partial charge in [-0.25, -0.2) is 4.79 Å². The number of benzene rings is 1. The van der Waals surface area contributed by atoms with Crippen molar-refractivity contribution in [2.24, 2.45) is 5.92 Å². The van der Waals surface area contributed by atoms with Crippen LogP contribution in [0.2, 0.25) is 0 Å². The highest BCUT2D eigenvalue weighted by Crippen LogP contribution is 2.18. The molecular weight excluding hydrogens is 398 g/mol. The standard InChI is InChI=1S/C22H31N5O4/c1-16-8-10-25(11-9-16)15-18(28)26(12-13-31-2)19-20(23)27(22(30)24-21(19)29)14-17-6-4-3-5-7-17/h3-7,16H,8-15,23H2,1-2H3,(H,24,29,30)/p+1. The molecule has 1 fully saturated rings. The third-order valence-corrected chi connectivity index (χ3v) is 5.87. The molecule has 1 aromatic carbocycles. The Kier molecular flexibility index (Phi) is 7.64. The van der Waals surface area contributed by atoms with Gasteiger partial charge in [-0.05, 0) is 24.3 Å².